The molecule has 0 radical (unpaired) electrons. The molecule has 3 aromatic heterocycles. The number of furan rings is 1. The molecule has 0 unspecified atom stereocenters. The largest absolute Gasteiger partial charge is 0.463 e. The van der Waals surface area contributed by atoms with Gasteiger partial charge in [-0.1, -0.05) is 0 Å². The monoisotopic (exact) mass is 319 g/mol. The first kappa shape index (κ1) is 14.1. The Morgan fingerprint density at radius 2 is 2.08 bits per heavy atom. The van der Waals surface area contributed by atoms with Gasteiger partial charge in [0, 0.05) is 18.0 Å². The second-order valence-corrected chi connectivity index (χ2v) is 5.15. The fourth-order valence-corrected chi connectivity index (χ4v) is 2.46. The number of rotatable bonds is 4. The molecule has 0 saturated heterocycles. The van der Waals surface area contributed by atoms with Crippen LogP contribution >= 0.6 is 0 Å². The van der Waals surface area contributed by atoms with Gasteiger partial charge in [0.1, 0.15) is 5.69 Å². The Bertz CT molecular complexity index is 991. The molecule has 118 valence electrons. The van der Waals surface area contributed by atoms with Crippen molar-refractivity contribution in [2.45, 2.75) is 6.54 Å². The molecule has 7 nitrogen and oxygen atoms in total. The van der Waals surface area contributed by atoms with Crippen LogP contribution in [0.5, 0.6) is 0 Å². The number of fused-ring (bicyclic) bond motifs is 1. The van der Waals surface area contributed by atoms with Crippen molar-refractivity contribution in [2.24, 2.45) is 0 Å². The van der Waals surface area contributed by atoms with Crippen LogP contribution in [0.15, 0.2) is 59.7 Å². The lowest BCUT2D eigenvalue weighted by Crippen LogP contribution is -2.23. The van der Waals surface area contributed by atoms with E-state index in [0.29, 0.717) is 22.7 Å². The van der Waals surface area contributed by atoms with Crippen LogP contribution in [0.25, 0.3) is 22.5 Å². The van der Waals surface area contributed by atoms with Crippen molar-refractivity contribution in [3.05, 3.63) is 66.6 Å². The zero-order chi connectivity index (χ0) is 16.4. The molecule has 0 bridgehead atoms. The number of amides is 1. The van der Waals surface area contributed by atoms with E-state index in [-0.39, 0.29) is 12.5 Å². The number of imidazole rings is 1. The minimum atomic E-state index is -0.192. The molecule has 0 aliphatic rings. The lowest BCUT2D eigenvalue weighted by Gasteiger charge is -2.07. The highest BCUT2D eigenvalue weighted by Gasteiger charge is 2.12. The fourth-order valence-electron chi connectivity index (χ4n) is 2.46. The van der Waals surface area contributed by atoms with E-state index in [0.717, 1.165) is 11.0 Å². The lowest BCUT2D eigenvalue weighted by atomic mass is 10.2. The number of nitrogens with zero attached hydrogens (tertiary/aromatic N) is 3. The SMILES string of the molecule is O=C(NCc1nccnc1-c1ccco1)c1ccc2nc[nH]c2c1. The lowest BCUT2D eigenvalue weighted by molar-refractivity contribution is 0.0950. The van der Waals surface area contributed by atoms with Crippen LogP contribution in [0.2, 0.25) is 0 Å². The molecule has 24 heavy (non-hydrogen) atoms. The Kier molecular flexibility index (Phi) is 3.51. The topological polar surface area (TPSA) is 96.7 Å². The second kappa shape index (κ2) is 5.96. The highest BCUT2D eigenvalue weighted by atomic mass is 16.3. The minimum Gasteiger partial charge on any atom is -0.463 e. The van der Waals surface area contributed by atoms with E-state index in [1.54, 1.807) is 49.2 Å². The first-order chi connectivity index (χ1) is 11.8. The summed E-state index contributed by atoms with van der Waals surface area (Å²) in [4.78, 5) is 28.1. The van der Waals surface area contributed by atoms with Gasteiger partial charge in [-0.05, 0) is 30.3 Å². The van der Waals surface area contributed by atoms with E-state index in [1.165, 1.54) is 0 Å². The number of aromatic amines is 1. The molecule has 2 N–H and O–H groups in total. The van der Waals surface area contributed by atoms with Gasteiger partial charge in [-0.3, -0.25) is 9.78 Å². The molecule has 0 atom stereocenters. The van der Waals surface area contributed by atoms with Crippen LogP contribution in [0.1, 0.15) is 16.1 Å². The standard InChI is InChI=1S/C17H13N5O2/c23-17(11-3-4-12-13(8-11)22-10-21-12)20-9-14-16(19-6-5-18-14)15-2-1-7-24-15/h1-8,10H,9H2,(H,20,23)(H,21,22). The van der Waals surface area contributed by atoms with Gasteiger partial charge in [0.05, 0.1) is 35.9 Å². The number of carbonyl (C=O) groups excluding carboxylic acids is 1. The fraction of sp³-hybridized carbons (Fsp3) is 0.0588. The Morgan fingerprint density at radius 3 is 2.96 bits per heavy atom. The predicted molar refractivity (Wildman–Crippen MR) is 87.0 cm³/mol. The van der Waals surface area contributed by atoms with Crippen molar-refractivity contribution in [3.63, 3.8) is 0 Å². The number of aromatic nitrogens is 4. The van der Waals surface area contributed by atoms with Crippen LogP contribution in [0, 0.1) is 0 Å². The molecule has 4 aromatic rings. The van der Waals surface area contributed by atoms with Crippen LogP contribution in [-0.4, -0.2) is 25.8 Å². The first-order valence-electron chi connectivity index (χ1n) is 7.36. The number of carbonyl (C=O) groups is 1. The van der Waals surface area contributed by atoms with E-state index >= 15 is 0 Å². The average Bonchev–Trinajstić information content (AvgIpc) is 3.30. The van der Waals surface area contributed by atoms with Gasteiger partial charge >= 0.3 is 0 Å². The highest BCUT2D eigenvalue weighted by molar-refractivity contribution is 5.97. The summed E-state index contributed by atoms with van der Waals surface area (Å²) < 4.78 is 5.36. The van der Waals surface area contributed by atoms with Crippen molar-refractivity contribution in [1.29, 1.82) is 0 Å². The highest BCUT2D eigenvalue weighted by Crippen LogP contribution is 2.20. The molecule has 0 aliphatic carbocycles. The van der Waals surface area contributed by atoms with E-state index in [9.17, 15) is 4.79 Å². The Morgan fingerprint density at radius 1 is 1.17 bits per heavy atom. The van der Waals surface area contributed by atoms with E-state index in [2.05, 4.69) is 25.3 Å². The summed E-state index contributed by atoms with van der Waals surface area (Å²) in [5, 5.41) is 2.86. The molecule has 0 spiro atoms. The van der Waals surface area contributed by atoms with Crippen LogP contribution in [0.4, 0.5) is 0 Å². The van der Waals surface area contributed by atoms with E-state index in [1.807, 2.05) is 6.07 Å². The minimum absolute atomic E-state index is 0.192. The predicted octanol–water partition coefficient (Wildman–Crippen LogP) is 2.54. The molecule has 4 rings (SSSR count). The summed E-state index contributed by atoms with van der Waals surface area (Å²) in [6.45, 7) is 0.254. The van der Waals surface area contributed by atoms with Gasteiger partial charge in [0.25, 0.3) is 5.91 Å². The smallest absolute Gasteiger partial charge is 0.251 e. The number of H-pyrrole nitrogens is 1. The van der Waals surface area contributed by atoms with Crippen molar-refractivity contribution in [3.8, 4) is 11.5 Å². The van der Waals surface area contributed by atoms with Gasteiger partial charge in [-0.25, -0.2) is 9.97 Å². The van der Waals surface area contributed by atoms with Crippen LogP contribution < -0.4 is 5.32 Å². The molecule has 0 aliphatic heterocycles. The van der Waals surface area contributed by atoms with E-state index < -0.39 is 0 Å². The number of nitrogens with one attached hydrogen (secondary N) is 2. The van der Waals surface area contributed by atoms with Crippen molar-refractivity contribution < 1.29 is 9.21 Å². The Hall–Kier alpha value is -3.48. The van der Waals surface area contributed by atoms with Gasteiger partial charge < -0.3 is 14.7 Å². The van der Waals surface area contributed by atoms with Gasteiger partial charge in [0.2, 0.25) is 0 Å². The van der Waals surface area contributed by atoms with Gasteiger partial charge in [-0.15, -0.1) is 0 Å². The van der Waals surface area contributed by atoms with E-state index in [4.69, 9.17) is 4.42 Å². The molecule has 7 heteroatoms. The summed E-state index contributed by atoms with van der Waals surface area (Å²) >= 11 is 0. The third-order valence-electron chi connectivity index (χ3n) is 3.63. The van der Waals surface area contributed by atoms with Crippen LogP contribution in [0.3, 0.4) is 0 Å². The maximum absolute atomic E-state index is 12.4. The van der Waals surface area contributed by atoms with Crippen molar-refractivity contribution >= 4 is 16.9 Å². The third kappa shape index (κ3) is 2.63. The van der Waals surface area contributed by atoms with Crippen molar-refractivity contribution in [2.75, 3.05) is 0 Å². The van der Waals surface area contributed by atoms with Crippen molar-refractivity contribution in [1.82, 2.24) is 25.3 Å². The van der Waals surface area contributed by atoms with Gasteiger partial charge in [-0.2, -0.15) is 0 Å². The maximum atomic E-state index is 12.4. The van der Waals surface area contributed by atoms with Crippen LogP contribution in [-0.2, 0) is 6.54 Å². The Balaban J connectivity index is 1.53. The number of hydrogen-bond acceptors (Lipinski definition) is 5. The quantitative estimate of drug-likeness (QED) is 0.602. The maximum Gasteiger partial charge on any atom is 0.251 e. The zero-order valence-corrected chi connectivity index (χ0v) is 12.6. The molecular formula is C17H13N5O2. The molecule has 1 amide bonds. The average molecular weight is 319 g/mol. The summed E-state index contributed by atoms with van der Waals surface area (Å²) in [6, 6.07) is 8.90. The zero-order valence-electron chi connectivity index (χ0n) is 12.6. The summed E-state index contributed by atoms with van der Waals surface area (Å²) in [7, 11) is 0. The summed E-state index contributed by atoms with van der Waals surface area (Å²) in [6.07, 6.45) is 6.35. The summed E-state index contributed by atoms with van der Waals surface area (Å²) in [5.41, 5.74) is 3.45. The molecule has 0 saturated carbocycles. The molecule has 1 aromatic carbocycles. The number of hydrogen-bond donors (Lipinski definition) is 2. The Labute approximate surface area is 136 Å². The molecular weight excluding hydrogens is 306 g/mol. The normalized spacial score (nSPS) is 10.8. The van der Waals surface area contributed by atoms with Gasteiger partial charge in [0.15, 0.2) is 5.76 Å². The third-order valence-corrected chi connectivity index (χ3v) is 3.63. The number of benzene rings is 1. The molecule has 0 fully saturated rings. The molecule has 3 heterocycles. The first-order valence-corrected chi connectivity index (χ1v) is 7.36. The second-order valence-electron chi connectivity index (χ2n) is 5.15. The summed E-state index contributed by atoms with van der Waals surface area (Å²) in [5.74, 6) is 0.425.